The van der Waals surface area contributed by atoms with Gasteiger partial charge in [0.05, 0.1) is 0 Å². The second kappa shape index (κ2) is 4.06. The van der Waals surface area contributed by atoms with Crippen LogP contribution in [0.4, 0.5) is 0 Å². The van der Waals surface area contributed by atoms with Crippen LogP contribution in [-0.4, -0.2) is 5.78 Å². The number of halogens is 1. The highest BCUT2D eigenvalue weighted by Crippen LogP contribution is 2.36. The van der Waals surface area contributed by atoms with Crippen molar-refractivity contribution < 1.29 is 4.79 Å². The van der Waals surface area contributed by atoms with Crippen LogP contribution in [-0.2, 0) is 10.3 Å². The lowest BCUT2D eigenvalue weighted by molar-refractivity contribution is -0.121. The zero-order valence-electron chi connectivity index (χ0n) is 8.50. The smallest absolute Gasteiger partial charge is 0.133 e. The molecule has 1 aromatic carbocycles. The number of Topliss-reactive ketones (excluding diaryl/α,β-unsaturated/α-hetero) is 1. The van der Waals surface area contributed by atoms with E-state index < -0.39 is 0 Å². The zero-order chi connectivity index (χ0) is 10.9. The zero-order valence-corrected chi connectivity index (χ0v) is 10.1. The molecule has 2 rings (SSSR count). The Bertz CT molecular complexity index is 379. The Kier molecular flexibility index (Phi) is 2.94. The van der Waals surface area contributed by atoms with Crippen molar-refractivity contribution in [3.8, 4) is 0 Å². The van der Waals surface area contributed by atoms with Crippen molar-refractivity contribution in [1.82, 2.24) is 0 Å². The first-order valence-electron chi connectivity index (χ1n) is 5.17. The van der Waals surface area contributed by atoms with E-state index >= 15 is 0 Å². The summed E-state index contributed by atoms with van der Waals surface area (Å²) < 4.78 is 1.04. The van der Waals surface area contributed by atoms with Gasteiger partial charge in [-0.1, -0.05) is 34.1 Å². The highest BCUT2D eigenvalue weighted by Gasteiger charge is 2.33. The van der Waals surface area contributed by atoms with Gasteiger partial charge in [-0.2, -0.15) is 0 Å². The largest absolute Gasteiger partial charge is 0.321 e. The molecule has 0 amide bonds. The predicted octanol–water partition coefficient (Wildman–Crippen LogP) is 2.75. The molecule has 1 aliphatic rings. The molecule has 0 saturated heterocycles. The third kappa shape index (κ3) is 2.13. The molecule has 0 atom stereocenters. The highest BCUT2D eigenvalue weighted by molar-refractivity contribution is 9.10. The summed E-state index contributed by atoms with van der Waals surface area (Å²) in [6, 6.07) is 8.01. The minimum Gasteiger partial charge on any atom is -0.321 e. The number of carbonyl (C=O) groups is 1. The van der Waals surface area contributed by atoms with Gasteiger partial charge in [-0.05, 0) is 24.5 Å². The number of hydrogen-bond donors (Lipinski definition) is 1. The van der Waals surface area contributed by atoms with Crippen molar-refractivity contribution in [1.29, 1.82) is 0 Å². The summed E-state index contributed by atoms with van der Waals surface area (Å²) in [5, 5.41) is 0. The quantitative estimate of drug-likeness (QED) is 0.851. The van der Waals surface area contributed by atoms with Gasteiger partial charge in [0.2, 0.25) is 0 Å². The first-order valence-corrected chi connectivity index (χ1v) is 5.97. The third-order valence-electron chi connectivity index (χ3n) is 3.11. The molecule has 0 aliphatic heterocycles. The molecule has 1 aromatic rings. The van der Waals surface area contributed by atoms with E-state index in [0.717, 1.165) is 22.9 Å². The number of hydrogen-bond acceptors (Lipinski definition) is 2. The maximum atomic E-state index is 11.2. The van der Waals surface area contributed by atoms with Gasteiger partial charge in [0.1, 0.15) is 5.78 Å². The summed E-state index contributed by atoms with van der Waals surface area (Å²) in [5.74, 6) is 0.336. The summed E-state index contributed by atoms with van der Waals surface area (Å²) in [6.07, 6.45) is 2.73. The molecule has 1 aliphatic carbocycles. The number of nitrogens with two attached hydrogens (primary N) is 1. The summed E-state index contributed by atoms with van der Waals surface area (Å²) in [5.41, 5.74) is 7.16. The van der Waals surface area contributed by atoms with Crippen molar-refractivity contribution >= 4 is 21.7 Å². The molecule has 80 valence electrons. The van der Waals surface area contributed by atoms with Gasteiger partial charge >= 0.3 is 0 Å². The Balaban J connectivity index is 2.30. The van der Waals surface area contributed by atoms with Gasteiger partial charge in [0.25, 0.3) is 0 Å². The summed E-state index contributed by atoms with van der Waals surface area (Å²) in [7, 11) is 0. The molecule has 0 heterocycles. The average Bonchev–Trinajstić information content (AvgIpc) is 2.23. The molecule has 0 radical (unpaired) electrons. The standard InChI is InChI=1S/C12H14BrNO/c13-11-4-2-1-3-10(11)12(14)7-5-9(15)6-8-12/h1-4H,5-8,14H2. The second-order valence-electron chi connectivity index (χ2n) is 4.17. The van der Waals surface area contributed by atoms with E-state index in [9.17, 15) is 4.79 Å². The molecule has 0 unspecified atom stereocenters. The molecule has 2 nitrogen and oxygen atoms in total. The first kappa shape index (κ1) is 10.8. The van der Waals surface area contributed by atoms with Crippen molar-refractivity contribution in [2.45, 2.75) is 31.2 Å². The van der Waals surface area contributed by atoms with Gasteiger partial charge in [-0.3, -0.25) is 4.79 Å². The van der Waals surface area contributed by atoms with Gasteiger partial charge in [0.15, 0.2) is 0 Å². The fraction of sp³-hybridized carbons (Fsp3) is 0.417. The van der Waals surface area contributed by atoms with Crippen LogP contribution in [0.2, 0.25) is 0 Å². The Morgan fingerprint density at radius 1 is 1.20 bits per heavy atom. The van der Waals surface area contributed by atoms with Crippen LogP contribution >= 0.6 is 15.9 Å². The van der Waals surface area contributed by atoms with Crippen LogP contribution < -0.4 is 5.73 Å². The maximum Gasteiger partial charge on any atom is 0.133 e. The van der Waals surface area contributed by atoms with E-state index in [-0.39, 0.29) is 5.54 Å². The number of rotatable bonds is 1. The van der Waals surface area contributed by atoms with Gasteiger partial charge < -0.3 is 5.73 Å². The molecule has 15 heavy (non-hydrogen) atoms. The Morgan fingerprint density at radius 3 is 2.40 bits per heavy atom. The number of ketones is 1. The number of carbonyl (C=O) groups excluding carboxylic acids is 1. The lowest BCUT2D eigenvalue weighted by Gasteiger charge is -2.34. The molecule has 3 heteroatoms. The molecule has 1 saturated carbocycles. The van der Waals surface area contributed by atoms with Crippen LogP contribution in [0.3, 0.4) is 0 Å². The normalized spacial score (nSPS) is 20.3. The molecule has 1 fully saturated rings. The summed E-state index contributed by atoms with van der Waals surface area (Å²) in [6.45, 7) is 0. The van der Waals surface area contributed by atoms with Crippen LogP contribution in [0.15, 0.2) is 28.7 Å². The maximum absolute atomic E-state index is 11.2. The third-order valence-corrected chi connectivity index (χ3v) is 3.80. The Labute approximate surface area is 98.0 Å². The minimum atomic E-state index is -0.325. The van der Waals surface area contributed by atoms with Crippen LogP contribution in [0.25, 0.3) is 0 Å². The van der Waals surface area contributed by atoms with E-state index in [1.54, 1.807) is 0 Å². The molecular formula is C12H14BrNO. The molecular weight excluding hydrogens is 254 g/mol. The lowest BCUT2D eigenvalue weighted by Crippen LogP contribution is -2.40. The van der Waals surface area contributed by atoms with E-state index in [1.165, 1.54) is 0 Å². The van der Waals surface area contributed by atoms with E-state index in [0.29, 0.717) is 18.6 Å². The van der Waals surface area contributed by atoms with Gasteiger partial charge in [-0.15, -0.1) is 0 Å². The topological polar surface area (TPSA) is 43.1 Å². The molecule has 0 spiro atoms. The SMILES string of the molecule is NC1(c2ccccc2Br)CCC(=O)CC1. The first-order chi connectivity index (χ1) is 7.12. The second-order valence-corrected chi connectivity index (χ2v) is 5.03. The van der Waals surface area contributed by atoms with Gasteiger partial charge in [-0.25, -0.2) is 0 Å². The van der Waals surface area contributed by atoms with E-state index in [4.69, 9.17) is 5.73 Å². The highest BCUT2D eigenvalue weighted by atomic mass is 79.9. The average molecular weight is 268 g/mol. The van der Waals surface area contributed by atoms with Crippen molar-refractivity contribution in [2.24, 2.45) is 5.73 Å². The molecule has 0 bridgehead atoms. The Morgan fingerprint density at radius 2 is 1.80 bits per heavy atom. The predicted molar refractivity (Wildman–Crippen MR) is 63.5 cm³/mol. The lowest BCUT2D eigenvalue weighted by atomic mass is 9.77. The fourth-order valence-electron chi connectivity index (χ4n) is 2.11. The molecule has 2 N–H and O–H groups in total. The van der Waals surface area contributed by atoms with E-state index in [2.05, 4.69) is 15.9 Å². The minimum absolute atomic E-state index is 0.325. The van der Waals surface area contributed by atoms with Crippen LogP contribution in [0.5, 0.6) is 0 Å². The Hall–Kier alpha value is -0.670. The number of benzene rings is 1. The summed E-state index contributed by atoms with van der Waals surface area (Å²) >= 11 is 3.52. The van der Waals surface area contributed by atoms with Crippen molar-refractivity contribution in [2.75, 3.05) is 0 Å². The van der Waals surface area contributed by atoms with Crippen molar-refractivity contribution in [3.05, 3.63) is 34.3 Å². The molecule has 0 aromatic heterocycles. The summed E-state index contributed by atoms with van der Waals surface area (Å²) in [4.78, 5) is 11.2. The van der Waals surface area contributed by atoms with E-state index in [1.807, 2.05) is 24.3 Å². The monoisotopic (exact) mass is 267 g/mol. The van der Waals surface area contributed by atoms with Crippen molar-refractivity contribution in [3.63, 3.8) is 0 Å². The van der Waals surface area contributed by atoms with Gasteiger partial charge in [0, 0.05) is 22.9 Å². The fourth-order valence-corrected chi connectivity index (χ4v) is 2.79. The van der Waals surface area contributed by atoms with Crippen LogP contribution in [0, 0.1) is 0 Å². The van der Waals surface area contributed by atoms with Crippen LogP contribution in [0.1, 0.15) is 31.2 Å².